The molecule has 0 saturated heterocycles. The zero-order chi connectivity index (χ0) is 14.1. The maximum absolute atomic E-state index is 9.32. The number of rotatable bonds is 2. The quantitative estimate of drug-likeness (QED) is 0.677. The highest BCUT2D eigenvalue weighted by Crippen LogP contribution is 2.29. The highest BCUT2D eigenvalue weighted by atomic mass is 35.5. The van der Waals surface area contributed by atoms with Gasteiger partial charge >= 0.3 is 0 Å². The number of aromatic nitrogens is 3. The second-order valence-electron chi connectivity index (χ2n) is 4.25. The van der Waals surface area contributed by atoms with Crippen LogP contribution in [-0.2, 0) is 7.05 Å². The fourth-order valence-electron chi connectivity index (χ4n) is 1.84. The second-order valence-corrected chi connectivity index (χ2v) is 5.72. The lowest BCUT2D eigenvalue weighted by molar-refractivity contribution is 0.767. The Morgan fingerprint density at radius 3 is 3.05 bits per heavy atom. The van der Waals surface area contributed by atoms with Gasteiger partial charge in [-0.3, -0.25) is 4.68 Å². The van der Waals surface area contributed by atoms with Gasteiger partial charge in [-0.25, -0.2) is 4.98 Å². The zero-order valence-corrected chi connectivity index (χ0v) is 12.1. The summed E-state index contributed by atoms with van der Waals surface area (Å²) < 4.78 is 2.70. The summed E-state index contributed by atoms with van der Waals surface area (Å²) in [6, 6.07) is 7.73. The van der Waals surface area contributed by atoms with E-state index in [1.54, 1.807) is 23.0 Å². The van der Waals surface area contributed by atoms with Crippen molar-refractivity contribution in [3.63, 3.8) is 0 Å². The molecule has 0 radical (unpaired) electrons. The minimum Gasteiger partial charge on any atom is -0.275 e. The molecule has 2 aromatic heterocycles. The van der Waals surface area contributed by atoms with Gasteiger partial charge in [-0.2, -0.15) is 10.4 Å². The predicted molar refractivity (Wildman–Crippen MR) is 81.3 cm³/mol. The van der Waals surface area contributed by atoms with E-state index in [1.807, 2.05) is 25.4 Å². The van der Waals surface area contributed by atoms with Gasteiger partial charge in [0.2, 0.25) is 0 Å². The van der Waals surface area contributed by atoms with Crippen molar-refractivity contribution >= 4 is 44.8 Å². The lowest BCUT2D eigenvalue weighted by Gasteiger charge is -1.90. The molecular formula is C14H9ClN4S. The number of hydrogen-bond acceptors (Lipinski definition) is 4. The van der Waals surface area contributed by atoms with Crippen LogP contribution in [0.3, 0.4) is 0 Å². The third kappa shape index (κ3) is 2.44. The van der Waals surface area contributed by atoms with E-state index in [4.69, 9.17) is 11.6 Å². The van der Waals surface area contributed by atoms with E-state index in [9.17, 15) is 5.26 Å². The van der Waals surface area contributed by atoms with Gasteiger partial charge in [0.15, 0.2) is 0 Å². The highest BCUT2D eigenvalue weighted by molar-refractivity contribution is 7.19. The molecule has 0 saturated carbocycles. The van der Waals surface area contributed by atoms with Crippen LogP contribution in [-0.4, -0.2) is 14.8 Å². The van der Waals surface area contributed by atoms with Crippen LogP contribution in [0.2, 0.25) is 5.02 Å². The molecule has 2 heterocycles. The Balaban J connectivity index is 2.07. The number of allylic oxidation sites excluding steroid dienone is 1. The van der Waals surface area contributed by atoms with Gasteiger partial charge in [-0.15, -0.1) is 11.3 Å². The number of nitrogens with zero attached hydrogens (tertiary/aromatic N) is 4. The summed E-state index contributed by atoms with van der Waals surface area (Å²) in [5, 5.41) is 14.7. The fraction of sp³-hybridized carbons (Fsp3) is 0.0714. The SMILES string of the molecule is Cn1cc(/C=C(\C#N)c2nc3cc(Cl)ccc3s2)cn1. The van der Waals surface area contributed by atoms with Crippen molar-refractivity contribution in [2.75, 3.05) is 0 Å². The average Bonchev–Trinajstić information content (AvgIpc) is 3.01. The summed E-state index contributed by atoms with van der Waals surface area (Å²) in [5.74, 6) is 0. The molecule has 6 heteroatoms. The Kier molecular flexibility index (Phi) is 3.26. The van der Waals surface area contributed by atoms with Crippen LogP contribution in [0.1, 0.15) is 10.6 Å². The van der Waals surface area contributed by atoms with E-state index >= 15 is 0 Å². The summed E-state index contributed by atoms with van der Waals surface area (Å²) >= 11 is 7.42. The smallest absolute Gasteiger partial charge is 0.135 e. The van der Waals surface area contributed by atoms with E-state index in [0.717, 1.165) is 15.8 Å². The van der Waals surface area contributed by atoms with Gasteiger partial charge in [0.05, 0.1) is 22.0 Å². The van der Waals surface area contributed by atoms with Crippen molar-refractivity contribution in [3.05, 3.63) is 46.2 Å². The number of aryl methyl sites for hydroxylation is 1. The van der Waals surface area contributed by atoms with Crippen LogP contribution in [0.4, 0.5) is 0 Å². The molecule has 3 aromatic rings. The normalized spacial score (nSPS) is 11.8. The van der Waals surface area contributed by atoms with E-state index < -0.39 is 0 Å². The van der Waals surface area contributed by atoms with Gasteiger partial charge in [0, 0.05) is 23.8 Å². The van der Waals surface area contributed by atoms with Gasteiger partial charge in [0.1, 0.15) is 11.1 Å². The van der Waals surface area contributed by atoms with Crippen LogP contribution in [0.25, 0.3) is 21.9 Å². The maximum Gasteiger partial charge on any atom is 0.135 e. The van der Waals surface area contributed by atoms with Crippen LogP contribution in [0.5, 0.6) is 0 Å². The maximum atomic E-state index is 9.32. The molecule has 4 nitrogen and oxygen atoms in total. The Hall–Kier alpha value is -2.16. The first-order chi connectivity index (χ1) is 9.65. The largest absolute Gasteiger partial charge is 0.275 e. The molecule has 0 N–H and O–H groups in total. The van der Waals surface area contributed by atoms with Crippen molar-refractivity contribution in [2.24, 2.45) is 7.05 Å². The van der Waals surface area contributed by atoms with Gasteiger partial charge in [-0.1, -0.05) is 11.6 Å². The third-order valence-corrected chi connectivity index (χ3v) is 4.04. The molecule has 0 bridgehead atoms. The van der Waals surface area contributed by atoms with Crippen LogP contribution < -0.4 is 0 Å². The number of fused-ring (bicyclic) bond motifs is 1. The molecule has 20 heavy (non-hydrogen) atoms. The van der Waals surface area contributed by atoms with Crippen LogP contribution >= 0.6 is 22.9 Å². The molecule has 1 aromatic carbocycles. The lowest BCUT2D eigenvalue weighted by Crippen LogP contribution is -1.84. The first-order valence-corrected chi connectivity index (χ1v) is 7.02. The average molecular weight is 301 g/mol. The summed E-state index contributed by atoms with van der Waals surface area (Å²) in [7, 11) is 1.84. The van der Waals surface area contributed by atoms with Crippen molar-refractivity contribution in [1.82, 2.24) is 14.8 Å². The first kappa shape index (κ1) is 12.9. The zero-order valence-electron chi connectivity index (χ0n) is 10.5. The fourth-order valence-corrected chi connectivity index (χ4v) is 2.92. The van der Waals surface area contributed by atoms with Crippen molar-refractivity contribution < 1.29 is 0 Å². The standard InChI is InChI=1S/C14H9ClN4S/c1-19-8-9(7-17-19)4-10(6-16)14-18-12-5-11(15)2-3-13(12)20-14/h2-5,7-8H,1H3/b10-4+. The molecule has 0 fully saturated rings. The molecule has 98 valence electrons. The summed E-state index contributed by atoms with van der Waals surface area (Å²) in [6.45, 7) is 0. The Morgan fingerprint density at radius 2 is 2.35 bits per heavy atom. The van der Waals surface area contributed by atoms with Crippen molar-refractivity contribution in [1.29, 1.82) is 5.26 Å². The minimum absolute atomic E-state index is 0.523. The first-order valence-electron chi connectivity index (χ1n) is 5.82. The van der Waals surface area contributed by atoms with E-state index in [-0.39, 0.29) is 0 Å². The number of nitriles is 1. The number of hydrogen-bond donors (Lipinski definition) is 0. The molecule has 0 aliphatic rings. The van der Waals surface area contributed by atoms with Crippen molar-refractivity contribution in [3.8, 4) is 6.07 Å². The summed E-state index contributed by atoms with van der Waals surface area (Å²) in [5.41, 5.74) is 2.21. The van der Waals surface area contributed by atoms with Crippen LogP contribution in [0, 0.1) is 11.3 Å². The Morgan fingerprint density at radius 1 is 1.50 bits per heavy atom. The monoisotopic (exact) mass is 300 g/mol. The van der Waals surface area contributed by atoms with Crippen molar-refractivity contribution in [2.45, 2.75) is 0 Å². The number of halogens is 1. The Labute approximate surface area is 124 Å². The lowest BCUT2D eigenvalue weighted by atomic mass is 10.2. The molecule has 3 rings (SSSR count). The molecule has 0 atom stereocenters. The van der Waals surface area contributed by atoms with E-state index in [0.29, 0.717) is 15.6 Å². The van der Waals surface area contributed by atoms with Gasteiger partial charge in [-0.05, 0) is 24.3 Å². The second kappa shape index (κ2) is 5.08. The number of thiazole rings is 1. The molecule has 0 aliphatic carbocycles. The topological polar surface area (TPSA) is 54.5 Å². The molecule has 0 spiro atoms. The van der Waals surface area contributed by atoms with E-state index in [1.165, 1.54) is 11.3 Å². The third-order valence-electron chi connectivity index (χ3n) is 2.74. The molecule has 0 amide bonds. The van der Waals surface area contributed by atoms with Gasteiger partial charge < -0.3 is 0 Å². The van der Waals surface area contributed by atoms with Gasteiger partial charge in [0.25, 0.3) is 0 Å². The van der Waals surface area contributed by atoms with E-state index in [2.05, 4.69) is 16.2 Å². The number of benzene rings is 1. The minimum atomic E-state index is 0.523. The molecular weight excluding hydrogens is 292 g/mol. The predicted octanol–water partition coefficient (Wildman–Crippen LogP) is 3.75. The molecule has 0 unspecified atom stereocenters. The summed E-state index contributed by atoms with van der Waals surface area (Å²) in [6.07, 6.45) is 5.34. The highest BCUT2D eigenvalue weighted by Gasteiger charge is 2.09. The molecule has 0 aliphatic heterocycles. The van der Waals surface area contributed by atoms with Crippen LogP contribution in [0.15, 0.2) is 30.6 Å². The summed E-state index contributed by atoms with van der Waals surface area (Å²) in [4.78, 5) is 4.46. The Bertz CT molecular complexity index is 854.